The maximum absolute atomic E-state index is 5.16. The zero-order valence-electron chi connectivity index (χ0n) is 8.44. The molecule has 2 aromatic rings. The standard InChI is InChI=1S/C6H3N2OS.3CH3.Sn/c1-2-5(10-3-1)6-8-7-4-9-6;;;;/h1-2,4H;3*1H3;. The van der Waals surface area contributed by atoms with E-state index in [4.69, 9.17) is 4.42 Å². The van der Waals surface area contributed by atoms with Gasteiger partial charge in [-0.2, -0.15) is 0 Å². The van der Waals surface area contributed by atoms with Crippen LogP contribution in [0.2, 0.25) is 14.8 Å². The molecule has 3 nitrogen and oxygen atoms in total. The fourth-order valence-electron chi connectivity index (χ4n) is 1.14. The van der Waals surface area contributed by atoms with Gasteiger partial charge in [-0.15, -0.1) is 0 Å². The van der Waals surface area contributed by atoms with E-state index in [1.807, 2.05) is 0 Å². The molecule has 0 N–H and O–H groups in total. The second-order valence-electron chi connectivity index (χ2n) is 4.16. The second kappa shape index (κ2) is 3.66. The third-order valence-electron chi connectivity index (χ3n) is 1.92. The molecule has 0 aliphatic carbocycles. The Labute approximate surface area is 91.0 Å². The first-order valence-electron chi connectivity index (χ1n) is 4.44. The van der Waals surface area contributed by atoms with Gasteiger partial charge in [0, 0.05) is 0 Å². The molecule has 0 aromatic carbocycles. The molecule has 2 aromatic heterocycles. The zero-order chi connectivity index (χ0) is 10.2. The molecule has 0 aliphatic rings. The quantitative estimate of drug-likeness (QED) is 0.799. The Kier molecular flexibility index (Phi) is 2.66. The predicted molar refractivity (Wildman–Crippen MR) is 60.6 cm³/mol. The summed E-state index contributed by atoms with van der Waals surface area (Å²) >= 11 is -0.108. The molecule has 0 bridgehead atoms. The van der Waals surface area contributed by atoms with Gasteiger partial charge in [0.05, 0.1) is 0 Å². The van der Waals surface area contributed by atoms with Crippen LogP contribution in [0.5, 0.6) is 0 Å². The van der Waals surface area contributed by atoms with Crippen molar-refractivity contribution in [2.45, 2.75) is 14.8 Å². The van der Waals surface area contributed by atoms with Crippen molar-refractivity contribution in [2.24, 2.45) is 0 Å². The first-order valence-corrected chi connectivity index (χ1v) is 15.2. The van der Waals surface area contributed by atoms with Crippen molar-refractivity contribution in [3.63, 3.8) is 0 Å². The normalized spacial score (nSPS) is 11.9. The minimum absolute atomic E-state index is 0.636. The van der Waals surface area contributed by atoms with Crippen LogP contribution in [0.3, 0.4) is 0 Å². The van der Waals surface area contributed by atoms with E-state index in [0.29, 0.717) is 5.89 Å². The van der Waals surface area contributed by atoms with Crippen LogP contribution >= 0.6 is 11.3 Å². The summed E-state index contributed by atoms with van der Waals surface area (Å²) in [5.74, 6) is 0.636. The number of hydrogen-bond acceptors (Lipinski definition) is 4. The monoisotopic (exact) mass is 316 g/mol. The molecule has 0 fully saturated rings. The number of thiophene rings is 1. The maximum atomic E-state index is 5.16. The Balaban J connectivity index is 2.36. The number of nitrogens with zero attached hydrogens (tertiary/aromatic N) is 2. The number of hydrogen-bond donors (Lipinski definition) is 0. The van der Waals surface area contributed by atoms with Gasteiger partial charge in [-0.05, 0) is 0 Å². The average molecular weight is 315 g/mol. The Morgan fingerprint density at radius 3 is 2.57 bits per heavy atom. The van der Waals surface area contributed by atoms with Gasteiger partial charge in [0.1, 0.15) is 0 Å². The molecule has 5 heteroatoms. The van der Waals surface area contributed by atoms with Gasteiger partial charge in [0.25, 0.3) is 0 Å². The minimum atomic E-state index is -1.90. The van der Waals surface area contributed by atoms with Crippen molar-refractivity contribution in [1.29, 1.82) is 0 Å². The van der Waals surface area contributed by atoms with E-state index in [0.717, 1.165) is 4.88 Å². The van der Waals surface area contributed by atoms with Gasteiger partial charge < -0.3 is 0 Å². The summed E-state index contributed by atoms with van der Waals surface area (Å²) in [6, 6.07) is 4.29. The Morgan fingerprint density at radius 2 is 2.07 bits per heavy atom. The summed E-state index contributed by atoms with van der Waals surface area (Å²) in [6.45, 7) is 0. The SMILES string of the molecule is [CH3][Sn]([CH3])([CH3])[c]1ccc(-c2nnco2)s1. The predicted octanol–water partition coefficient (Wildman–Crippen LogP) is 2.34. The van der Waals surface area contributed by atoms with Crippen LogP contribution in [0.25, 0.3) is 10.8 Å². The molecule has 0 saturated carbocycles. The van der Waals surface area contributed by atoms with E-state index in [-0.39, 0.29) is 0 Å². The summed E-state index contributed by atoms with van der Waals surface area (Å²) in [4.78, 5) is 8.29. The van der Waals surface area contributed by atoms with Gasteiger partial charge in [-0.1, -0.05) is 0 Å². The van der Waals surface area contributed by atoms with Gasteiger partial charge in [0.2, 0.25) is 0 Å². The summed E-state index contributed by atoms with van der Waals surface area (Å²) < 4.78 is 6.69. The summed E-state index contributed by atoms with van der Waals surface area (Å²) in [7, 11) is 0. The van der Waals surface area contributed by atoms with Crippen LogP contribution in [0.4, 0.5) is 0 Å². The van der Waals surface area contributed by atoms with Crippen molar-refractivity contribution < 1.29 is 4.42 Å². The third-order valence-corrected chi connectivity index (χ3v) is 12.5. The second-order valence-corrected chi connectivity index (χ2v) is 20.7. The fourth-order valence-corrected chi connectivity index (χ4v) is 7.36. The van der Waals surface area contributed by atoms with Crippen LogP contribution in [-0.2, 0) is 0 Å². The van der Waals surface area contributed by atoms with Crippen LogP contribution in [-0.4, -0.2) is 28.6 Å². The van der Waals surface area contributed by atoms with Crippen molar-refractivity contribution >= 4 is 32.6 Å². The van der Waals surface area contributed by atoms with Crippen LogP contribution < -0.4 is 2.89 Å². The molecule has 2 rings (SSSR count). The Bertz CT molecular complexity index is 416. The summed E-state index contributed by atoms with van der Waals surface area (Å²) in [5, 5.41) is 7.58. The first kappa shape index (κ1) is 10.2. The molecule has 0 amide bonds. The van der Waals surface area contributed by atoms with Crippen molar-refractivity contribution in [2.75, 3.05) is 0 Å². The molecule has 0 spiro atoms. The van der Waals surface area contributed by atoms with Crippen LogP contribution in [0.15, 0.2) is 22.9 Å². The molecule has 0 aliphatic heterocycles. The van der Waals surface area contributed by atoms with Crippen molar-refractivity contribution in [1.82, 2.24) is 10.2 Å². The third kappa shape index (κ3) is 2.00. The average Bonchev–Trinajstić information content (AvgIpc) is 2.73. The van der Waals surface area contributed by atoms with E-state index in [2.05, 4.69) is 37.1 Å². The van der Waals surface area contributed by atoms with E-state index in [1.54, 1.807) is 11.3 Å². The molecule has 14 heavy (non-hydrogen) atoms. The summed E-state index contributed by atoms with van der Waals surface area (Å²) in [6.07, 6.45) is 1.37. The molecule has 2 heterocycles. The first-order chi connectivity index (χ1) is 6.57. The molecular formula is C9H12N2OSSn. The fraction of sp³-hybridized carbons (Fsp3) is 0.333. The van der Waals surface area contributed by atoms with Gasteiger partial charge >= 0.3 is 91.3 Å². The number of aromatic nitrogens is 2. The topological polar surface area (TPSA) is 38.9 Å². The van der Waals surface area contributed by atoms with Crippen molar-refractivity contribution in [3.8, 4) is 10.8 Å². The summed E-state index contributed by atoms with van der Waals surface area (Å²) in [5.41, 5.74) is 0. The van der Waals surface area contributed by atoms with Gasteiger partial charge in [0.15, 0.2) is 0 Å². The van der Waals surface area contributed by atoms with Crippen molar-refractivity contribution in [3.05, 3.63) is 18.5 Å². The molecule has 74 valence electrons. The van der Waals surface area contributed by atoms with Gasteiger partial charge in [-0.25, -0.2) is 0 Å². The van der Waals surface area contributed by atoms with Crippen LogP contribution in [0, 0.1) is 0 Å². The number of rotatable bonds is 2. The molecule has 0 atom stereocenters. The van der Waals surface area contributed by atoms with E-state index >= 15 is 0 Å². The van der Waals surface area contributed by atoms with E-state index < -0.39 is 18.4 Å². The zero-order valence-corrected chi connectivity index (χ0v) is 12.1. The van der Waals surface area contributed by atoms with E-state index in [1.165, 1.54) is 9.29 Å². The molecule has 0 unspecified atom stereocenters. The Morgan fingerprint density at radius 1 is 1.29 bits per heavy atom. The van der Waals surface area contributed by atoms with Crippen LogP contribution in [0.1, 0.15) is 0 Å². The molecule has 0 saturated heterocycles. The molecular weight excluding hydrogens is 303 g/mol. The molecule has 0 radical (unpaired) electrons. The van der Waals surface area contributed by atoms with E-state index in [9.17, 15) is 0 Å². The Hall–Kier alpha value is -0.361. The van der Waals surface area contributed by atoms with Gasteiger partial charge in [-0.3, -0.25) is 0 Å².